The summed E-state index contributed by atoms with van der Waals surface area (Å²) in [5, 5.41) is 3.65. The lowest BCUT2D eigenvalue weighted by molar-refractivity contribution is 0.462. The van der Waals surface area contributed by atoms with E-state index in [-0.39, 0.29) is 0 Å². The van der Waals surface area contributed by atoms with Crippen LogP contribution < -0.4 is 5.32 Å². The fourth-order valence-electron chi connectivity index (χ4n) is 2.99. The Bertz CT molecular complexity index is 367. The second-order valence-electron chi connectivity index (χ2n) is 5.16. The summed E-state index contributed by atoms with van der Waals surface area (Å²) in [7, 11) is 0. The minimum atomic E-state index is 0.690. The average Bonchev–Trinajstić information content (AvgIpc) is 2.77. The molecule has 0 radical (unpaired) electrons. The number of rotatable bonds is 2. The predicted octanol–water partition coefficient (Wildman–Crippen LogP) is 3.31. The third-order valence-corrected chi connectivity index (χ3v) is 3.90. The number of nitrogens with one attached hydrogen (secondary N) is 1. The van der Waals surface area contributed by atoms with E-state index in [4.69, 9.17) is 0 Å². The van der Waals surface area contributed by atoms with Crippen LogP contribution in [-0.2, 0) is 12.8 Å². The zero-order chi connectivity index (χ0) is 10.8. The molecule has 86 valence electrons. The lowest BCUT2D eigenvalue weighted by atomic mass is 9.95. The lowest BCUT2D eigenvalue weighted by Crippen LogP contribution is -2.22. The molecule has 2 aliphatic carbocycles. The summed E-state index contributed by atoms with van der Waals surface area (Å²) in [6.07, 6.45) is 12.6. The predicted molar refractivity (Wildman–Crippen MR) is 66.8 cm³/mol. The van der Waals surface area contributed by atoms with Gasteiger partial charge in [-0.05, 0) is 43.7 Å². The third kappa shape index (κ3) is 2.06. The Morgan fingerprint density at radius 2 is 1.94 bits per heavy atom. The number of anilines is 1. The molecular formula is C14H20N2. The summed E-state index contributed by atoms with van der Waals surface area (Å²) in [5.41, 5.74) is 4.04. The van der Waals surface area contributed by atoms with Gasteiger partial charge in [-0.1, -0.05) is 19.3 Å². The second kappa shape index (κ2) is 4.44. The molecule has 0 saturated heterocycles. The Balaban J connectivity index is 1.69. The molecule has 0 aromatic carbocycles. The summed E-state index contributed by atoms with van der Waals surface area (Å²) < 4.78 is 0. The van der Waals surface area contributed by atoms with E-state index in [9.17, 15) is 0 Å². The number of pyridine rings is 1. The van der Waals surface area contributed by atoms with E-state index in [1.54, 1.807) is 0 Å². The van der Waals surface area contributed by atoms with Crippen LogP contribution in [0.3, 0.4) is 0 Å². The molecule has 1 saturated carbocycles. The molecule has 3 rings (SSSR count). The number of hydrogen-bond donors (Lipinski definition) is 1. The highest BCUT2D eigenvalue weighted by Gasteiger charge is 2.15. The average molecular weight is 216 g/mol. The standard InChI is InChI=1S/C14H20N2/c1-2-6-12(7-3-1)16-13-9-11-5-4-8-14(11)15-10-13/h9-10,12,16H,1-8H2. The first kappa shape index (κ1) is 10.1. The van der Waals surface area contributed by atoms with Crippen molar-refractivity contribution in [2.75, 3.05) is 5.32 Å². The molecule has 1 N–H and O–H groups in total. The van der Waals surface area contributed by atoms with Gasteiger partial charge in [-0.25, -0.2) is 0 Å². The summed E-state index contributed by atoms with van der Waals surface area (Å²) in [6.45, 7) is 0. The molecule has 2 aliphatic rings. The van der Waals surface area contributed by atoms with E-state index >= 15 is 0 Å². The Kier molecular flexibility index (Phi) is 2.81. The summed E-state index contributed by atoms with van der Waals surface area (Å²) in [6, 6.07) is 3.01. The SMILES string of the molecule is c1nc2c(cc1NC1CCCCC1)CCC2. The molecule has 1 fully saturated rings. The Morgan fingerprint density at radius 3 is 2.81 bits per heavy atom. The molecule has 1 heterocycles. The fourth-order valence-corrected chi connectivity index (χ4v) is 2.99. The molecule has 16 heavy (non-hydrogen) atoms. The summed E-state index contributed by atoms with van der Waals surface area (Å²) in [4.78, 5) is 4.56. The molecule has 2 nitrogen and oxygen atoms in total. The molecule has 0 unspecified atom stereocenters. The van der Waals surface area contributed by atoms with Gasteiger partial charge in [-0.15, -0.1) is 0 Å². The number of nitrogens with zero attached hydrogens (tertiary/aromatic N) is 1. The highest BCUT2D eigenvalue weighted by Crippen LogP contribution is 2.25. The van der Waals surface area contributed by atoms with Gasteiger partial charge in [0, 0.05) is 11.7 Å². The van der Waals surface area contributed by atoms with Crippen molar-refractivity contribution in [1.82, 2.24) is 4.98 Å². The zero-order valence-corrected chi connectivity index (χ0v) is 9.84. The number of aromatic nitrogens is 1. The normalized spacial score (nSPS) is 20.8. The van der Waals surface area contributed by atoms with Crippen LogP contribution >= 0.6 is 0 Å². The molecule has 1 aromatic heterocycles. The largest absolute Gasteiger partial charge is 0.381 e. The van der Waals surface area contributed by atoms with Crippen molar-refractivity contribution in [2.45, 2.75) is 57.4 Å². The van der Waals surface area contributed by atoms with E-state index in [2.05, 4.69) is 16.4 Å². The van der Waals surface area contributed by atoms with Gasteiger partial charge in [0.1, 0.15) is 0 Å². The van der Waals surface area contributed by atoms with Crippen LogP contribution in [0.15, 0.2) is 12.3 Å². The van der Waals surface area contributed by atoms with E-state index in [0.29, 0.717) is 6.04 Å². The smallest absolute Gasteiger partial charge is 0.0531 e. The molecule has 1 aromatic rings. The first-order valence-electron chi connectivity index (χ1n) is 6.66. The Morgan fingerprint density at radius 1 is 1.06 bits per heavy atom. The van der Waals surface area contributed by atoms with Crippen LogP contribution in [0.1, 0.15) is 49.8 Å². The molecule has 0 amide bonds. The van der Waals surface area contributed by atoms with Crippen molar-refractivity contribution in [3.8, 4) is 0 Å². The lowest BCUT2D eigenvalue weighted by Gasteiger charge is -2.23. The van der Waals surface area contributed by atoms with Crippen LogP contribution in [-0.4, -0.2) is 11.0 Å². The van der Waals surface area contributed by atoms with Gasteiger partial charge in [0.15, 0.2) is 0 Å². The summed E-state index contributed by atoms with van der Waals surface area (Å²) >= 11 is 0. The van der Waals surface area contributed by atoms with Crippen LogP contribution in [0, 0.1) is 0 Å². The van der Waals surface area contributed by atoms with E-state index in [0.717, 1.165) is 0 Å². The van der Waals surface area contributed by atoms with Crippen molar-refractivity contribution in [3.63, 3.8) is 0 Å². The second-order valence-corrected chi connectivity index (χ2v) is 5.16. The Hall–Kier alpha value is -1.05. The minimum Gasteiger partial charge on any atom is -0.381 e. The van der Waals surface area contributed by atoms with E-state index in [1.165, 1.54) is 68.3 Å². The minimum absolute atomic E-state index is 0.690. The van der Waals surface area contributed by atoms with Crippen molar-refractivity contribution >= 4 is 5.69 Å². The highest BCUT2D eigenvalue weighted by molar-refractivity contribution is 5.46. The van der Waals surface area contributed by atoms with Gasteiger partial charge in [0.25, 0.3) is 0 Å². The van der Waals surface area contributed by atoms with Crippen LogP contribution in [0.25, 0.3) is 0 Å². The van der Waals surface area contributed by atoms with Crippen molar-refractivity contribution in [1.29, 1.82) is 0 Å². The van der Waals surface area contributed by atoms with Gasteiger partial charge in [0.2, 0.25) is 0 Å². The first-order chi connectivity index (χ1) is 7.92. The molecular weight excluding hydrogens is 196 g/mol. The molecule has 0 aliphatic heterocycles. The molecule has 2 heteroatoms. The van der Waals surface area contributed by atoms with Gasteiger partial charge < -0.3 is 5.32 Å². The number of aryl methyl sites for hydroxylation is 2. The molecule has 0 spiro atoms. The molecule has 0 bridgehead atoms. The third-order valence-electron chi connectivity index (χ3n) is 3.90. The van der Waals surface area contributed by atoms with E-state index < -0.39 is 0 Å². The number of fused-ring (bicyclic) bond motifs is 1. The molecule has 0 atom stereocenters. The number of hydrogen-bond acceptors (Lipinski definition) is 2. The van der Waals surface area contributed by atoms with Gasteiger partial charge in [0.05, 0.1) is 11.9 Å². The Labute approximate surface area is 97.5 Å². The fraction of sp³-hybridized carbons (Fsp3) is 0.643. The first-order valence-corrected chi connectivity index (χ1v) is 6.66. The van der Waals surface area contributed by atoms with Crippen molar-refractivity contribution < 1.29 is 0 Å². The van der Waals surface area contributed by atoms with Gasteiger partial charge in [-0.2, -0.15) is 0 Å². The van der Waals surface area contributed by atoms with Crippen molar-refractivity contribution in [2.24, 2.45) is 0 Å². The zero-order valence-electron chi connectivity index (χ0n) is 9.84. The maximum atomic E-state index is 4.56. The van der Waals surface area contributed by atoms with Crippen LogP contribution in [0.4, 0.5) is 5.69 Å². The topological polar surface area (TPSA) is 24.9 Å². The maximum Gasteiger partial charge on any atom is 0.0531 e. The highest BCUT2D eigenvalue weighted by atomic mass is 14.9. The van der Waals surface area contributed by atoms with Crippen molar-refractivity contribution in [3.05, 3.63) is 23.5 Å². The summed E-state index contributed by atoms with van der Waals surface area (Å²) in [5.74, 6) is 0. The monoisotopic (exact) mass is 216 g/mol. The van der Waals surface area contributed by atoms with Crippen LogP contribution in [0.2, 0.25) is 0 Å². The maximum absolute atomic E-state index is 4.56. The van der Waals surface area contributed by atoms with Gasteiger partial charge in [-0.3, -0.25) is 4.98 Å². The van der Waals surface area contributed by atoms with Gasteiger partial charge >= 0.3 is 0 Å². The van der Waals surface area contributed by atoms with Crippen LogP contribution in [0.5, 0.6) is 0 Å². The quantitative estimate of drug-likeness (QED) is 0.820. The van der Waals surface area contributed by atoms with E-state index in [1.807, 2.05) is 6.20 Å².